The molecule has 0 unspecified atom stereocenters. The van der Waals surface area contributed by atoms with Gasteiger partial charge in [0.2, 0.25) is 5.91 Å². The Labute approximate surface area is 138 Å². The summed E-state index contributed by atoms with van der Waals surface area (Å²) in [7, 11) is 0. The van der Waals surface area contributed by atoms with Crippen molar-refractivity contribution in [3.63, 3.8) is 0 Å². The molecule has 1 aromatic carbocycles. The molecule has 0 spiro atoms. The molecule has 24 heavy (non-hydrogen) atoms. The molecule has 2 aliphatic rings. The summed E-state index contributed by atoms with van der Waals surface area (Å²) in [6.07, 6.45) is 4.40. The zero-order chi connectivity index (χ0) is 16.7. The number of carbonyl (C=O) groups excluding carboxylic acids is 3. The van der Waals surface area contributed by atoms with Crippen LogP contribution < -0.4 is 10.2 Å². The number of fused-ring (bicyclic) bond motifs is 1. The van der Waals surface area contributed by atoms with Gasteiger partial charge in [-0.15, -0.1) is 0 Å². The van der Waals surface area contributed by atoms with E-state index in [2.05, 4.69) is 10.3 Å². The molecule has 3 amide bonds. The predicted octanol–water partition coefficient (Wildman–Crippen LogP) is 2.62. The van der Waals surface area contributed by atoms with Gasteiger partial charge in [-0.1, -0.05) is 12.5 Å². The Kier molecular flexibility index (Phi) is 3.37. The zero-order valence-corrected chi connectivity index (χ0v) is 12.9. The van der Waals surface area contributed by atoms with Crippen LogP contribution in [0.25, 0.3) is 0 Å². The second-order valence-electron chi connectivity index (χ2n) is 6.01. The van der Waals surface area contributed by atoms with E-state index in [1.807, 2.05) is 0 Å². The number of aromatic nitrogens is 1. The Morgan fingerprint density at radius 3 is 2.67 bits per heavy atom. The van der Waals surface area contributed by atoms with Crippen molar-refractivity contribution in [2.45, 2.75) is 19.3 Å². The molecule has 2 heterocycles. The van der Waals surface area contributed by atoms with E-state index in [0.29, 0.717) is 16.9 Å². The maximum absolute atomic E-state index is 12.5. The van der Waals surface area contributed by atoms with E-state index < -0.39 is 11.8 Å². The van der Waals surface area contributed by atoms with Gasteiger partial charge in [0.25, 0.3) is 11.8 Å². The van der Waals surface area contributed by atoms with Gasteiger partial charge in [-0.3, -0.25) is 19.4 Å². The summed E-state index contributed by atoms with van der Waals surface area (Å²) in [5.41, 5.74) is 1.46. The fourth-order valence-electron chi connectivity index (χ4n) is 2.94. The van der Waals surface area contributed by atoms with Crippen molar-refractivity contribution in [3.8, 4) is 0 Å². The van der Waals surface area contributed by atoms with Crippen LogP contribution in [-0.4, -0.2) is 22.7 Å². The Morgan fingerprint density at radius 2 is 1.96 bits per heavy atom. The van der Waals surface area contributed by atoms with E-state index in [9.17, 15) is 14.4 Å². The number of hydrogen-bond acceptors (Lipinski definition) is 4. The van der Waals surface area contributed by atoms with Crippen molar-refractivity contribution in [2.75, 3.05) is 10.2 Å². The molecular weight excluding hydrogens is 306 g/mol. The van der Waals surface area contributed by atoms with Crippen molar-refractivity contribution >= 4 is 29.1 Å². The lowest BCUT2D eigenvalue weighted by Crippen LogP contribution is -2.30. The summed E-state index contributed by atoms with van der Waals surface area (Å²) in [4.78, 5) is 42.1. The molecule has 1 aromatic heterocycles. The summed E-state index contributed by atoms with van der Waals surface area (Å²) in [5, 5.41) is 2.85. The largest absolute Gasteiger partial charge is 0.326 e. The minimum absolute atomic E-state index is 0.0116. The SMILES string of the molecule is O=C(Nc1cccc(N2C(=O)c3cccnc3C2=O)c1)C1CCC1. The van der Waals surface area contributed by atoms with Gasteiger partial charge in [0.15, 0.2) is 0 Å². The van der Waals surface area contributed by atoms with E-state index in [-0.39, 0.29) is 17.5 Å². The lowest BCUT2D eigenvalue weighted by atomic mass is 9.85. The van der Waals surface area contributed by atoms with Crippen molar-refractivity contribution in [1.29, 1.82) is 0 Å². The van der Waals surface area contributed by atoms with Gasteiger partial charge in [0, 0.05) is 17.8 Å². The molecule has 0 radical (unpaired) electrons. The minimum atomic E-state index is -0.446. The molecule has 2 aromatic rings. The van der Waals surface area contributed by atoms with Gasteiger partial charge in [0.05, 0.1) is 11.3 Å². The van der Waals surface area contributed by atoms with E-state index in [1.165, 1.54) is 6.20 Å². The number of hydrogen-bond donors (Lipinski definition) is 1. The van der Waals surface area contributed by atoms with E-state index in [0.717, 1.165) is 24.2 Å². The first-order valence-corrected chi connectivity index (χ1v) is 7.90. The van der Waals surface area contributed by atoms with Crippen LogP contribution in [0.3, 0.4) is 0 Å². The maximum Gasteiger partial charge on any atom is 0.284 e. The van der Waals surface area contributed by atoms with Crippen LogP contribution >= 0.6 is 0 Å². The number of nitrogens with zero attached hydrogens (tertiary/aromatic N) is 2. The van der Waals surface area contributed by atoms with Gasteiger partial charge in [-0.05, 0) is 43.2 Å². The quantitative estimate of drug-likeness (QED) is 0.881. The molecule has 4 rings (SSSR count). The number of amides is 3. The van der Waals surface area contributed by atoms with E-state index >= 15 is 0 Å². The minimum Gasteiger partial charge on any atom is -0.326 e. The van der Waals surface area contributed by atoms with E-state index in [4.69, 9.17) is 0 Å². The van der Waals surface area contributed by atoms with Crippen LogP contribution in [-0.2, 0) is 4.79 Å². The normalized spacial score (nSPS) is 16.8. The average molecular weight is 321 g/mol. The molecule has 1 aliphatic heterocycles. The topological polar surface area (TPSA) is 79.4 Å². The third-order valence-corrected chi connectivity index (χ3v) is 4.49. The second kappa shape index (κ2) is 5.56. The van der Waals surface area contributed by atoms with Gasteiger partial charge in [0.1, 0.15) is 5.69 Å². The highest BCUT2D eigenvalue weighted by Crippen LogP contribution is 2.30. The molecule has 0 bridgehead atoms. The molecule has 6 nitrogen and oxygen atoms in total. The first-order chi connectivity index (χ1) is 11.6. The Hall–Kier alpha value is -3.02. The number of anilines is 2. The van der Waals surface area contributed by atoms with Crippen LogP contribution in [0.4, 0.5) is 11.4 Å². The predicted molar refractivity (Wildman–Crippen MR) is 87.8 cm³/mol. The maximum atomic E-state index is 12.5. The van der Waals surface area contributed by atoms with Gasteiger partial charge in [-0.2, -0.15) is 0 Å². The van der Waals surface area contributed by atoms with Gasteiger partial charge >= 0.3 is 0 Å². The zero-order valence-electron chi connectivity index (χ0n) is 12.9. The summed E-state index contributed by atoms with van der Waals surface area (Å²) in [5.74, 6) is -0.789. The third kappa shape index (κ3) is 2.27. The second-order valence-corrected chi connectivity index (χ2v) is 6.01. The van der Waals surface area contributed by atoms with Crippen molar-refractivity contribution < 1.29 is 14.4 Å². The molecular formula is C18H15N3O3. The molecule has 0 atom stereocenters. The van der Waals surface area contributed by atoms with Crippen molar-refractivity contribution in [1.82, 2.24) is 4.98 Å². The molecule has 1 saturated carbocycles. The van der Waals surface area contributed by atoms with Gasteiger partial charge < -0.3 is 5.32 Å². The van der Waals surface area contributed by atoms with Crippen LogP contribution in [0, 0.1) is 5.92 Å². The van der Waals surface area contributed by atoms with E-state index in [1.54, 1.807) is 36.4 Å². The number of imide groups is 1. The fourth-order valence-corrected chi connectivity index (χ4v) is 2.94. The number of pyridine rings is 1. The molecule has 0 saturated heterocycles. The van der Waals surface area contributed by atoms with Crippen LogP contribution in [0.2, 0.25) is 0 Å². The fraction of sp³-hybridized carbons (Fsp3) is 0.222. The average Bonchev–Trinajstić information content (AvgIpc) is 2.78. The first kappa shape index (κ1) is 14.6. The lowest BCUT2D eigenvalue weighted by Gasteiger charge is -2.24. The highest BCUT2D eigenvalue weighted by Gasteiger charge is 2.37. The monoisotopic (exact) mass is 321 g/mol. The lowest BCUT2D eigenvalue weighted by molar-refractivity contribution is -0.122. The summed E-state index contributed by atoms with van der Waals surface area (Å²) in [6, 6.07) is 9.98. The summed E-state index contributed by atoms with van der Waals surface area (Å²) in [6.45, 7) is 0. The smallest absolute Gasteiger partial charge is 0.284 e. The number of rotatable bonds is 3. The number of nitrogens with one attached hydrogen (secondary N) is 1. The van der Waals surface area contributed by atoms with Crippen LogP contribution in [0.5, 0.6) is 0 Å². The Balaban J connectivity index is 1.61. The Bertz CT molecular complexity index is 823. The number of carbonyl (C=O) groups is 3. The molecule has 1 fully saturated rings. The molecule has 6 heteroatoms. The van der Waals surface area contributed by atoms with Crippen LogP contribution in [0.15, 0.2) is 42.6 Å². The van der Waals surface area contributed by atoms with Gasteiger partial charge in [-0.25, -0.2) is 4.90 Å². The summed E-state index contributed by atoms with van der Waals surface area (Å²) >= 11 is 0. The van der Waals surface area contributed by atoms with Crippen molar-refractivity contribution in [3.05, 3.63) is 53.9 Å². The van der Waals surface area contributed by atoms with Crippen LogP contribution in [0.1, 0.15) is 40.1 Å². The molecule has 1 aliphatic carbocycles. The number of benzene rings is 1. The standard InChI is InChI=1S/C18H15N3O3/c22-16(11-4-1-5-11)20-12-6-2-7-13(10-12)21-17(23)14-8-3-9-19-15(14)18(21)24/h2-3,6-11H,1,4-5H2,(H,20,22). The Morgan fingerprint density at radius 1 is 1.12 bits per heavy atom. The van der Waals surface area contributed by atoms with Crippen molar-refractivity contribution in [2.24, 2.45) is 5.92 Å². The summed E-state index contributed by atoms with van der Waals surface area (Å²) < 4.78 is 0. The first-order valence-electron chi connectivity index (χ1n) is 7.90. The highest BCUT2D eigenvalue weighted by molar-refractivity contribution is 6.33. The molecule has 120 valence electrons. The third-order valence-electron chi connectivity index (χ3n) is 4.49. The molecule has 1 N–H and O–H groups in total. The highest BCUT2D eigenvalue weighted by atomic mass is 16.2.